The number of nitrogens with zero attached hydrogens (tertiary/aromatic N) is 3. The summed E-state index contributed by atoms with van der Waals surface area (Å²) in [7, 11) is 0. The first-order valence-corrected chi connectivity index (χ1v) is 2.52. The van der Waals surface area contributed by atoms with Gasteiger partial charge >= 0.3 is 0 Å². The van der Waals surface area contributed by atoms with Gasteiger partial charge in [0, 0.05) is 0 Å². The highest BCUT2D eigenvalue weighted by atomic mass is 16.6. The van der Waals surface area contributed by atoms with Gasteiger partial charge in [-0.15, -0.1) is 10.2 Å². The van der Waals surface area contributed by atoms with Crippen LogP contribution in [0.2, 0.25) is 0 Å². The van der Waals surface area contributed by atoms with E-state index in [9.17, 15) is 0 Å². The quantitative estimate of drug-likeness (QED) is 0.325. The molecule has 0 atom stereocenters. The molecule has 0 aromatic carbocycles. The predicted octanol–water partition coefficient (Wildman–Crippen LogP) is -2.04. The zero-order chi connectivity index (χ0) is 7.56. The lowest BCUT2D eigenvalue weighted by Crippen LogP contribution is -2.17. The molecule has 0 spiro atoms. The van der Waals surface area contributed by atoms with Crippen LogP contribution in [0, 0.1) is 0 Å². The lowest BCUT2D eigenvalue weighted by molar-refractivity contribution is 0.117. The number of anilines is 1. The van der Waals surface area contributed by atoms with E-state index < -0.39 is 0 Å². The summed E-state index contributed by atoms with van der Waals surface area (Å²) in [4.78, 5) is 4.26. The second-order valence-corrected chi connectivity index (χ2v) is 1.66. The van der Waals surface area contributed by atoms with Crippen LogP contribution in [0.25, 0.3) is 0 Å². The van der Waals surface area contributed by atoms with Crippen molar-refractivity contribution in [3.63, 3.8) is 0 Å². The van der Waals surface area contributed by atoms with Gasteiger partial charge < -0.3 is 11.6 Å². The lowest BCUT2D eigenvalue weighted by atomic mass is 10.7. The molecular formula is C3H8N6O. The standard InChI is InChI=1S/C3H8N6O/c4-3-8-7-2(1-10-6)9(3)5/h1,5-6H2,(H2,4,8). The minimum absolute atomic E-state index is 0.0979. The van der Waals surface area contributed by atoms with E-state index in [1.807, 2.05) is 0 Å². The Morgan fingerprint density at radius 2 is 2.20 bits per heavy atom. The summed E-state index contributed by atoms with van der Waals surface area (Å²) in [5, 5.41) is 7.03. The van der Waals surface area contributed by atoms with Crippen LogP contribution in [0.4, 0.5) is 5.95 Å². The molecule has 1 heterocycles. The highest BCUT2D eigenvalue weighted by Crippen LogP contribution is 1.96. The Morgan fingerprint density at radius 3 is 2.60 bits per heavy atom. The van der Waals surface area contributed by atoms with Gasteiger partial charge in [0.2, 0.25) is 5.95 Å². The second kappa shape index (κ2) is 2.50. The Balaban J connectivity index is 2.83. The van der Waals surface area contributed by atoms with Gasteiger partial charge in [0.25, 0.3) is 0 Å². The van der Waals surface area contributed by atoms with Crippen molar-refractivity contribution in [3.05, 3.63) is 5.82 Å². The topological polar surface area (TPSA) is 118 Å². The lowest BCUT2D eigenvalue weighted by Gasteiger charge is -1.97. The van der Waals surface area contributed by atoms with Gasteiger partial charge in [0.1, 0.15) is 6.61 Å². The molecule has 0 fully saturated rings. The first kappa shape index (κ1) is 6.78. The van der Waals surface area contributed by atoms with Crippen LogP contribution in [0.15, 0.2) is 0 Å². The fourth-order valence-electron chi connectivity index (χ4n) is 0.510. The molecule has 0 saturated heterocycles. The van der Waals surface area contributed by atoms with E-state index in [0.29, 0.717) is 5.82 Å². The third-order valence-corrected chi connectivity index (χ3v) is 1.01. The van der Waals surface area contributed by atoms with E-state index in [1.165, 1.54) is 0 Å². The van der Waals surface area contributed by atoms with Gasteiger partial charge in [0.05, 0.1) is 0 Å². The van der Waals surface area contributed by atoms with Crippen LogP contribution in [-0.2, 0) is 11.4 Å². The molecule has 0 unspecified atom stereocenters. The molecule has 1 rings (SSSR count). The van der Waals surface area contributed by atoms with Crippen LogP contribution in [0.1, 0.15) is 5.82 Å². The van der Waals surface area contributed by atoms with Gasteiger partial charge in [-0.3, -0.25) is 4.84 Å². The number of hydrogen-bond donors (Lipinski definition) is 3. The monoisotopic (exact) mass is 144 g/mol. The average molecular weight is 144 g/mol. The first-order valence-electron chi connectivity index (χ1n) is 2.52. The number of aromatic nitrogens is 3. The Kier molecular flexibility index (Phi) is 1.69. The molecular weight excluding hydrogens is 136 g/mol. The van der Waals surface area contributed by atoms with E-state index in [-0.39, 0.29) is 12.6 Å². The van der Waals surface area contributed by atoms with Crippen LogP contribution in [-0.4, -0.2) is 14.9 Å². The maximum atomic E-state index is 5.32. The number of rotatable bonds is 2. The van der Waals surface area contributed by atoms with Gasteiger partial charge in [-0.2, -0.15) is 0 Å². The first-order chi connectivity index (χ1) is 4.75. The third-order valence-electron chi connectivity index (χ3n) is 1.01. The number of nitrogen functional groups attached to an aromatic ring is 2. The zero-order valence-corrected chi connectivity index (χ0v) is 5.19. The highest BCUT2D eigenvalue weighted by Gasteiger charge is 2.04. The summed E-state index contributed by atoms with van der Waals surface area (Å²) >= 11 is 0. The predicted molar refractivity (Wildman–Crippen MR) is 33.6 cm³/mol. The normalized spacial score (nSPS) is 10.1. The molecule has 0 aliphatic heterocycles. The van der Waals surface area contributed by atoms with Crippen molar-refractivity contribution in [1.82, 2.24) is 14.9 Å². The molecule has 0 aliphatic rings. The molecule has 10 heavy (non-hydrogen) atoms. The molecule has 0 amide bonds. The van der Waals surface area contributed by atoms with Gasteiger partial charge in [0.15, 0.2) is 5.82 Å². The molecule has 6 N–H and O–H groups in total. The Labute approximate surface area is 56.7 Å². The minimum atomic E-state index is 0.0979. The van der Waals surface area contributed by atoms with E-state index in [1.54, 1.807) is 0 Å². The van der Waals surface area contributed by atoms with E-state index in [4.69, 9.17) is 17.5 Å². The molecule has 7 nitrogen and oxygen atoms in total. The van der Waals surface area contributed by atoms with Crippen LogP contribution in [0.3, 0.4) is 0 Å². The summed E-state index contributed by atoms with van der Waals surface area (Å²) in [6, 6.07) is 0. The molecule has 0 saturated carbocycles. The van der Waals surface area contributed by atoms with Gasteiger partial charge in [-0.05, 0) is 0 Å². The average Bonchev–Trinajstić information content (AvgIpc) is 2.20. The molecule has 56 valence electrons. The van der Waals surface area contributed by atoms with E-state index >= 15 is 0 Å². The molecule has 1 aromatic heterocycles. The second-order valence-electron chi connectivity index (χ2n) is 1.66. The van der Waals surface area contributed by atoms with Crippen molar-refractivity contribution in [1.29, 1.82) is 0 Å². The third kappa shape index (κ3) is 0.993. The number of hydrogen-bond acceptors (Lipinski definition) is 6. The van der Waals surface area contributed by atoms with Crippen LogP contribution in [0.5, 0.6) is 0 Å². The van der Waals surface area contributed by atoms with Crippen molar-refractivity contribution in [2.24, 2.45) is 5.90 Å². The van der Waals surface area contributed by atoms with Crippen molar-refractivity contribution in [3.8, 4) is 0 Å². The SMILES string of the molecule is NOCc1nnc(N)n1N. The largest absolute Gasteiger partial charge is 0.366 e. The minimum Gasteiger partial charge on any atom is -0.366 e. The van der Waals surface area contributed by atoms with Gasteiger partial charge in [-0.25, -0.2) is 10.6 Å². The smallest absolute Gasteiger partial charge is 0.240 e. The van der Waals surface area contributed by atoms with Crippen LogP contribution < -0.4 is 17.5 Å². The Hall–Kier alpha value is -1.34. The summed E-state index contributed by atoms with van der Waals surface area (Å²) in [5.41, 5.74) is 5.24. The van der Waals surface area contributed by atoms with Gasteiger partial charge in [-0.1, -0.05) is 0 Å². The summed E-state index contributed by atoms with van der Waals surface area (Å²) < 4.78 is 1.10. The van der Waals surface area contributed by atoms with Crippen molar-refractivity contribution in [2.75, 3.05) is 11.6 Å². The highest BCUT2D eigenvalue weighted by molar-refractivity contribution is 5.16. The zero-order valence-electron chi connectivity index (χ0n) is 5.19. The summed E-state index contributed by atoms with van der Waals surface area (Å²) in [6.45, 7) is 0.0979. The fraction of sp³-hybridized carbons (Fsp3) is 0.333. The molecule has 1 aromatic rings. The fourth-order valence-corrected chi connectivity index (χ4v) is 0.510. The molecule has 0 aliphatic carbocycles. The number of nitrogens with two attached hydrogens (primary N) is 3. The summed E-state index contributed by atoms with van der Waals surface area (Å²) in [5.74, 6) is 10.6. The molecule has 7 heteroatoms. The van der Waals surface area contributed by atoms with E-state index in [0.717, 1.165) is 4.68 Å². The molecule has 0 bridgehead atoms. The Morgan fingerprint density at radius 1 is 1.50 bits per heavy atom. The van der Waals surface area contributed by atoms with Crippen molar-refractivity contribution < 1.29 is 4.84 Å². The Bertz CT molecular complexity index is 219. The summed E-state index contributed by atoms with van der Waals surface area (Å²) in [6.07, 6.45) is 0. The molecule has 0 radical (unpaired) electrons. The maximum absolute atomic E-state index is 5.32. The van der Waals surface area contributed by atoms with E-state index in [2.05, 4.69) is 15.0 Å². The maximum Gasteiger partial charge on any atom is 0.240 e. The van der Waals surface area contributed by atoms with Crippen LogP contribution >= 0.6 is 0 Å². The van der Waals surface area contributed by atoms with Crippen molar-refractivity contribution in [2.45, 2.75) is 6.61 Å². The van der Waals surface area contributed by atoms with Crippen molar-refractivity contribution >= 4 is 5.95 Å².